The van der Waals surface area contributed by atoms with Crippen LogP contribution in [0.1, 0.15) is 25.3 Å². The molecule has 0 bridgehead atoms. The Morgan fingerprint density at radius 2 is 1.61 bits per heavy atom. The highest BCUT2D eigenvalue weighted by Crippen LogP contribution is 2.63. The Labute approximate surface area is 177 Å². The van der Waals surface area contributed by atoms with Gasteiger partial charge in [-0.3, -0.25) is 0 Å². The number of rotatable bonds is 2. The Kier molecular flexibility index (Phi) is 4.10. The molecule has 3 aromatic carbocycles. The van der Waals surface area contributed by atoms with Crippen LogP contribution in [0.3, 0.4) is 0 Å². The van der Waals surface area contributed by atoms with Gasteiger partial charge in [-0.05, 0) is 53.8 Å². The van der Waals surface area contributed by atoms with Crippen molar-refractivity contribution in [1.29, 1.82) is 0 Å². The lowest BCUT2D eigenvalue weighted by Crippen LogP contribution is -2.46. The summed E-state index contributed by atoms with van der Waals surface area (Å²) in [5.41, 5.74) is 0.381. The average Bonchev–Trinajstić information content (AvgIpc) is 3.53. The van der Waals surface area contributed by atoms with E-state index in [1.54, 1.807) is 0 Å². The van der Waals surface area contributed by atoms with Gasteiger partial charge in [0.15, 0.2) is 0 Å². The lowest BCUT2D eigenvalue weighted by molar-refractivity contribution is 0.0457. The fourth-order valence-corrected chi connectivity index (χ4v) is 4.96. The predicted molar refractivity (Wildman–Crippen MR) is 122 cm³/mol. The van der Waals surface area contributed by atoms with Crippen LogP contribution < -0.4 is 0 Å². The summed E-state index contributed by atoms with van der Waals surface area (Å²) in [6.45, 7) is 1.89. The second-order valence-corrected chi connectivity index (χ2v) is 8.76. The van der Waals surface area contributed by atoms with Crippen LogP contribution in [0.2, 0.25) is 0 Å². The van der Waals surface area contributed by atoms with Gasteiger partial charge in [-0.15, -0.1) is 0 Å². The third kappa shape index (κ3) is 2.62. The third-order valence-corrected chi connectivity index (χ3v) is 7.48. The van der Waals surface area contributed by atoms with Crippen LogP contribution >= 0.6 is 22.6 Å². The average molecular weight is 481 g/mol. The molecule has 1 N–H and O–H groups in total. The third-order valence-electron chi connectivity index (χ3n) is 5.94. The van der Waals surface area contributed by atoms with Crippen LogP contribution in [-0.4, -0.2) is 16.6 Å². The fraction of sp³-hybridized carbons (Fsp3) is 0.208. The SMILES string of the molecule is CC1(O)C(I)=C(c2ccccc2)OC(=Nc2cccc3ccccc23)C12CC2. The summed E-state index contributed by atoms with van der Waals surface area (Å²) >= 11 is 2.24. The second-order valence-electron chi connectivity index (χ2n) is 7.68. The van der Waals surface area contributed by atoms with E-state index in [0.717, 1.165) is 38.4 Å². The van der Waals surface area contributed by atoms with Crippen LogP contribution in [0.15, 0.2) is 81.4 Å². The Bertz CT molecular complexity index is 1120. The molecule has 0 radical (unpaired) electrons. The molecule has 1 atom stereocenters. The summed E-state index contributed by atoms with van der Waals surface area (Å²) in [6.07, 6.45) is 1.75. The largest absolute Gasteiger partial charge is 0.441 e. The maximum atomic E-state index is 11.5. The highest BCUT2D eigenvalue weighted by atomic mass is 127. The number of fused-ring (bicyclic) bond motifs is 1. The molecule has 1 unspecified atom stereocenters. The molecule has 1 heterocycles. The van der Waals surface area contributed by atoms with E-state index in [4.69, 9.17) is 9.73 Å². The van der Waals surface area contributed by atoms with Gasteiger partial charge in [-0.2, -0.15) is 0 Å². The van der Waals surface area contributed by atoms with Gasteiger partial charge in [0.1, 0.15) is 11.4 Å². The van der Waals surface area contributed by atoms with Gasteiger partial charge in [-0.1, -0.05) is 66.7 Å². The zero-order valence-corrected chi connectivity index (χ0v) is 17.7. The van der Waals surface area contributed by atoms with Crippen LogP contribution in [0.25, 0.3) is 16.5 Å². The molecule has 2 aliphatic rings. The number of ether oxygens (including phenoxy) is 1. The lowest BCUT2D eigenvalue weighted by Gasteiger charge is -2.39. The molecular formula is C24H20INO2. The molecular weight excluding hydrogens is 461 g/mol. The molecule has 3 nitrogen and oxygen atoms in total. The van der Waals surface area contributed by atoms with Crippen molar-refractivity contribution in [2.45, 2.75) is 25.4 Å². The van der Waals surface area contributed by atoms with Crippen molar-refractivity contribution >= 4 is 50.7 Å². The molecule has 0 aromatic heterocycles. The van der Waals surface area contributed by atoms with Gasteiger partial charge in [0.2, 0.25) is 5.90 Å². The number of hydrogen-bond acceptors (Lipinski definition) is 3. The monoisotopic (exact) mass is 481 g/mol. The molecule has 0 saturated heterocycles. The zero-order chi connectivity index (χ0) is 19.4. The van der Waals surface area contributed by atoms with E-state index in [1.165, 1.54) is 0 Å². The smallest absolute Gasteiger partial charge is 0.204 e. The van der Waals surface area contributed by atoms with E-state index in [1.807, 2.05) is 61.5 Å². The van der Waals surface area contributed by atoms with Crippen molar-refractivity contribution < 1.29 is 9.84 Å². The van der Waals surface area contributed by atoms with Crippen LogP contribution in [0.5, 0.6) is 0 Å². The number of halogens is 1. The minimum absolute atomic E-state index is 0.446. The molecule has 28 heavy (non-hydrogen) atoms. The first kappa shape index (κ1) is 17.9. The Morgan fingerprint density at radius 3 is 2.36 bits per heavy atom. The van der Waals surface area contributed by atoms with E-state index in [9.17, 15) is 5.11 Å². The van der Waals surface area contributed by atoms with Crippen molar-refractivity contribution in [1.82, 2.24) is 0 Å². The molecule has 1 fully saturated rings. The standard InChI is InChI=1S/C24H20INO2/c1-23(27)21(25)20(17-9-3-2-4-10-17)28-22(24(23)14-15-24)26-19-13-7-11-16-8-5-6-12-18(16)19/h2-13,27H,14-15H2,1H3. The molecule has 1 saturated carbocycles. The first-order valence-corrected chi connectivity index (χ1v) is 10.5. The van der Waals surface area contributed by atoms with Gasteiger partial charge < -0.3 is 9.84 Å². The maximum Gasteiger partial charge on any atom is 0.204 e. The molecule has 4 heteroatoms. The summed E-state index contributed by atoms with van der Waals surface area (Å²) in [4.78, 5) is 4.96. The van der Waals surface area contributed by atoms with E-state index < -0.39 is 11.0 Å². The van der Waals surface area contributed by atoms with Crippen molar-refractivity contribution in [2.75, 3.05) is 0 Å². The van der Waals surface area contributed by atoms with E-state index in [-0.39, 0.29) is 0 Å². The molecule has 5 rings (SSSR count). The highest BCUT2D eigenvalue weighted by molar-refractivity contribution is 14.1. The number of hydrogen-bond donors (Lipinski definition) is 1. The first-order chi connectivity index (χ1) is 13.5. The normalized spacial score (nSPS) is 24.6. The van der Waals surface area contributed by atoms with Crippen molar-refractivity contribution in [3.05, 3.63) is 81.9 Å². The summed E-state index contributed by atoms with van der Waals surface area (Å²) < 4.78 is 7.25. The van der Waals surface area contributed by atoms with Gasteiger partial charge in [0.25, 0.3) is 0 Å². The summed E-state index contributed by atoms with van der Waals surface area (Å²) in [5, 5.41) is 13.7. The van der Waals surface area contributed by atoms with E-state index >= 15 is 0 Å². The zero-order valence-electron chi connectivity index (χ0n) is 15.5. The quantitative estimate of drug-likeness (QED) is 0.441. The lowest BCUT2D eigenvalue weighted by atomic mass is 9.82. The summed E-state index contributed by atoms with van der Waals surface area (Å²) in [7, 11) is 0. The van der Waals surface area contributed by atoms with E-state index in [2.05, 4.69) is 40.8 Å². The minimum atomic E-state index is -1.000. The molecule has 140 valence electrons. The molecule has 1 spiro atoms. The predicted octanol–water partition coefficient (Wildman–Crippen LogP) is 6.24. The fourth-order valence-electron chi connectivity index (χ4n) is 4.02. The van der Waals surface area contributed by atoms with Gasteiger partial charge >= 0.3 is 0 Å². The summed E-state index contributed by atoms with van der Waals surface area (Å²) in [5.74, 6) is 1.32. The number of aliphatic hydroxyl groups is 1. The molecule has 1 aliphatic carbocycles. The topological polar surface area (TPSA) is 41.8 Å². The second kappa shape index (κ2) is 6.42. The Hall–Kier alpha value is -2.18. The van der Waals surface area contributed by atoms with Crippen LogP contribution in [0, 0.1) is 5.41 Å². The number of benzene rings is 3. The molecule has 3 aromatic rings. The van der Waals surface area contributed by atoms with E-state index in [0.29, 0.717) is 11.7 Å². The molecule has 0 amide bonds. The van der Waals surface area contributed by atoms with Crippen LogP contribution in [-0.2, 0) is 4.74 Å². The van der Waals surface area contributed by atoms with Crippen molar-refractivity contribution in [3.8, 4) is 0 Å². The van der Waals surface area contributed by atoms with Crippen molar-refractivity contribution in [3.63, 3.8) is 0 Å². The van der Waals surface area contributed by atoms with Crippen LogP contribution in [0.4, 0.5) is 5.69 Å². The number of aliphatic imine (C=N–C) groups is 1. The first-order valence-electron chi connectivity index (χ1n) is 9.46. The number of nitrogens with zero attached hydrogens (tertiary/aromatic N) is 1. The minimum Gasteiger partial charge on any atom is -0.441 e. The van der Waals surface area contributed by atoms with Gasteiger partial charge in [0.05, 0.1) is 14.7 Å². The highest BCUT2D eigenvalue weighted by Gasteiger charge is 2.65. The summed E-state index contributed by atoms with van der Waals surface area (Å²) in [6, 6.07) is 24.3. The molecule has 1 aliphatic heterocycles. The van der Waals surface area contributed by atoms with Gasteiger partial charge in [-0.25, -0.2) is 4.99 Å². The maximum absolute atomic E-state index is 11.5. The van der Waals surface area contributed by atoms with Crippen molar-refractivity contribution in [2.24, 2.45) is 10.4 Å². The Morgan fingerprint density at radius 1 is 0.929 bits per heavy atom. The van der Waals surface area contributed by atoms with Gasteiger partial charge in [0, 0.05) is 10.9 Å². The Balaban J connectivity index is 1.69.